The van der Waals surface area contributed by atoms with Gasteiger partial charge in [0.1, 0.15) is 11.3 Å². The molecule has 0 aliphatic carbocycles. The van der Waals surface area contributed by atoms with E-state index in [1.165, 1.54) is 6.92 Å². The van der Waals surface area contributed by atoms with Crippen LogP contribution >= 0.6 is 0 Å². The fourth-order valence-corrected chi connectivity index (χ4v) is 1.83. The monoisotopic (exact) mass is 315 g/mol. The van der Waals surface area contributed by atoms with E-state index in [-0.39, 0.29) is 13.2 Å². The number of benzene rings is 1. The molecule has 7 heteroatoms. The van der Waals surface area contributed by atoms with E-state index >= 15 is 0 Å². The summed E-state index contributed by atoms with van der Waals surface area (Å²) in [5.41, 5.74) is -2.69. The summed E-state index contributed by atoms with van der Waals surface area (Å²) in [5.74, 6) is -6.24. The third-order valence-corrected chi connectivity index (χ3v) is 2.93. The number of hydrogen-bond acceptors (Lipinski definition) is 4. The van der Waals surface area contributed by atoms with Crippen LogP contribution in [0.25, 0.3) is 0 Å². The van der Waals surface area contributed by atoms with Crippen molar-refractivity contribution in [2.75, 3.05) is 18.5 Å². The van der Waals surface area contributed by atoms with Gasteiger partial charge in [-0.1, -0.05) is 6.58 Å². The van der Waals surface area contributed by atoms with E-state index in [2.05, 4.69) is 16.6 Å². The Morgan fingerprint density at radius 2 is 1.73 bits per heavy atom. The van der Waals surface area contributed by atoms with Crippen LogP contribution in [0.3, 0.4) is 0 Å². The van der Waals surface area contributed by atoms with E-state index < -0.39 is 51.6 Å². The molecule has 0 unspecified atom stereocenters. The Labute approximate surface area is 126 Å². The van der Waals surface area contributed by atoms with Crippen molar-refractivity contribution in [3.8, 4) is 0 Å². The number of Topliss-reactive ketones (excluding diaryl/α,β-unsaturated/α-hetero) is 1. The molecule has 0 atom stereocenters. The number of hydrogen-bond donors (Lipinski definition) is 1. The van der Waals surface area contributed by atoms with Gasteiger partial charge < -0.3 is 10.1 Å². The number of carbonyl (C=O) groups excluding carboxylic acids is 2. The first-order chi connectivity index (χ1) is 10.3. The SMILES string of the molecule is C=C(C(=O)OCC)C(=O)c1c(C)c(F)c(F)c(NCC)c1F. The lowest BCUT2D eigenvalue weighted by Gasteiger charge is -2.14. The van der Waals surface area contributed by atoms with Gasteiger partial charge in [-0.3, -0.25) is 4.79 Å². The van der Waals surface area contributed by atoms with Crippen LogP contribution in [0.4, 0.5) is 18.9 Å². The summed E-state index contributed by atoms with van der Waals surface area (Å²) >= 11 is 0. The normalized spacial score (nSPS) is 10.3. The molecule has 1 N–H and O–H groups in total. The van der Waals surface area contributed by atoms with Crippen molar-refractivity contribution in [2.24, 2.45) is 0 Å². The second-order valence-electron chi connectivity index (χ2n) is 4.38. The van der Waals surface area contributed by atoms with Gasteiger partial charge in [-0.05, 0) is 20.8 Å². The van der Waals surface area contributed by atoms with Crippen LogP contribution in [0.15, 0.2) is 12.2 Å². The summed E-state index contributed by atoms with van der Waals surface area (Å²) in [6, 6.07) is 0. The fraction of sp³-hybridized carbons (Fsp3) is 0.333. The molecule has 1 rings (SSSR count). The number of ketones is 1. The molecule has 0 aliphatic rings. The summed E-state index contributed by atoms with van der Waals surface area (Å²) in [5, 5.41) is 2.31. The average molecular weight is 315 g/mol. The maximum absolute atomic E-state index is 14.3. The van der Waals surface area contributed by atoms with E-state index in [4.69, 9.17) is 0 Å². The van der Waals surface area contributed by atoms with Gasteiger partial charge in [0.15, 0.2) is 17.5 Å². The van der Waals surface area contributed by atoms with E-state index in [1.54, 1.807) is 6.92 Å². The van der Waals surface area contributed by atoms with Gasteiger partial charge in [-0.15, -0.1) is 0 Å². The highest BCUT2D eigenvalue weighted by atomic mass is 19.2. The highest BCUT2D eigenvalue weighted by Gasteiger charge is 2.29. The van der Waals surface area contributed by atoms with Crippen LogP contribution in [0.5, 0.6) is 0 Å². The fourth-order valence-electron chi connectivity index (χ4n) is 1.83. The molecule has 22 heavy (non-hydrogen) atoms. The standard InChI is InChI=1S/C15H16F3NO3/c1-5-19-13-11(17)9(7(3)10(16)12(13)18)14(20)8(4)15(21)22-6-2/h19H,4-6H2,1-3H3. The largest absolute Gasteiger partial charge is 0.462 e. The predicted molar refractivity (Wildman–Crippen MR) is 75.3 cm³/mol. The number of anilines is 1. The van der Waals surface area contributed by atoms with Crippen molar-refractivity contribution < 1.29 is 27.5 Å². The molecule has 0 saturated heterocycles. The molecule has 0 heterocycles. The third kappa shape index (κ3) is 3.13. The molecule has 0 aromatic heterocycles. The first-order valence-corrected chi connectivity index (χ1v) is 6.59. The topological polar surface area (TPSA) is 55.4 Å². The number of halogens is 3. The molecule has 0 aliphatic heterocycles. The van der Waals surface area contributed by atoms with Crippen LogP contribution in [-0.2, 0) is 9.53 Å². The minimum Gasteiger partial charge on any atom is -0.462 e. The van der Waals surface area contributed by atoms with Crippen LogP contribution in [-0.4, -0.2) is 24.9 Å². The van der Waals surface area contributed by atoms with Gasteiger partial charge in [0.2, 0.25) is 5.78 Å². The Morgan fingerprint density at radius 3 is 2.23 bits per heavy atom. The van der Waals surface area contributed by atoms with Crippen LogP contribution in [0, 0.1) is 24.4 Å². The zero-order valence-corrected chi connectivity index (χ0v) is 12.5. The molecule has 4 nitrogen and oxygen atoms in total. The molecular weight excluding hydrogens is 299 g/mol. The summed E-state index contributed by atoms with van der Waals surface area (Å²) in [6.45, 7) is 7.45. The van der Waals surface area contributed by atoms with Crippen molar-refractivity contribution in [1.82, 2.24) is 0 Å². The van der Waals surface area contributed by atoms with E-state index in [0.717, 1.165) is 6.92 Å². The van der Waals surface area contributed by atoms with Crippen LogP contribution < -0.4 is 5.32 Å². The first kappa shape index (κ1) is 17.7. The maximum Gasteiger partial charge on any atom is 0.341 e. The van der Waals surface area contributed by atoms with Gasteiger partial charge in [0, 0.05) is 12.1 Å². The summed E-state index contributed by atoms with van der Waals surface area (Å²) in [7, 11) is 0. The lowest BCUT2D eigenvalue weighted by atomic mass is 9.97. The third-order valence-electron chi connectivity index (χ3n) is 2.93. The minimum absolute atomic E-state index is 0.00693. The van der Waals surface area contributed by atoms with Crippen molar-refractivity contribution >= 4 is 17.4 Å². The first-order valence-electron chi connectivity index (χ1n) is 6.59. The lowest BCUT2D eigenvalue weighted by molar-refractivity contribution is -0.138. The molecule has 1 aromatic carbocycles. The molecule has 0 bridgehead atoms. The highest BCUT2D eigenvalue weighted by molar-refractivity contribution is 6.24. The predicted octanol–water partition coefficient (Wildman–Crippen LogP) is 3.15. The zero-order chi connectivity index (χ0) is 17.0. The molecule has 0 spiro atoms. The number of nitrogens with one attached hydrogen (secondary N) is 1. The molecule has 0 amide bonds. The number of esters is 1. The Bertz CT molecular complexity index is 642. The Hall–Kier alpha value is -2.31. The Balaban J connectivity index is 3.44. The molecular formula is C15H16F3NO3. The van der Waals surface area contributed by atoms with Crippen molar-refractivity contribution in [2.45, 2.75) is 20.8 Å². The Kier molecular flexibility index (Phi) is 5.73. The average Bonchev–Trinajstić information content (AvgIpc) is 2.49. The van der Waals surface area contributed by atoms with Gasteiger partial charge in [0.25, 0.3) is 0 Å². The highest BCUT2D eigenvalue weighted by Crippen LogP contribution is 2.30. The number of ether oxygens (including phenoxy) is 1. The number of carbonyl (C=O) groups is 2. The van der Waals surface area contributed by atoms with Crippen molar-refractivity contribution in [3.63, 3.8) is 0 Å². The summed E-state index contributed by atoms with van der Waals surface area (Å²) < 4.78 is 46.5. The van der Waals surface area contributed by atoms with E-state index in [9.17, 15) is 22.8 Å². The molecule has 0 radical (unpaired) electrons. The zero-order valence-electron chi connectivity index (χ0n) is 12.5. The van der Waals surface area contributed by atoms with Gasteiger partial charge in [-0.2, -0.15) is 0 Å². The van der Waals surface area contributed by atoms with Crippen LogP contribution in [0.1, 0.15) is 29.8 Å². The van der Waals surface area contributed by atoms with Crippen molar-refractivity contribution in [3.05, 3.63) is 40.7 Å². The second kappa shape index (κ2) is 7.11. The molecule has 120 valence electrons. The van der Waals surface area contributed by atoms with Crippen molar-refractivity contribution in [1.29, 1.82) is 0 Å². The minimum atomic E-state index is -1.42. The van der Waals surface area contributed by atoms with Gasteiger partial charge >= 0.3 is 5.97 Å². The van der Waals surface area contributed by atoms with E-state index in [0.29, 0.717) is 0 Å². The summed E-state index contributed by atoms with van der Waals surface area (Å²) in [4.78, 5) is 23.7. The Morgan fingerprint density at radius 1 is 1.14 bits per heavy atom. The lowest BCUT2D eigenvalue weighted by Crippen LogP contribution is -2.19. The van der Waals surface area contributed by atoms with Crippen LogP contribution in [0.2, 0.25) is 0 Å². The molecule has 0 saturated carbocycles. The van der Waals surface area contributed by atoms with Gasteiger partial charge in [0.05, 0.1) is 12.2 Å². The smallest absolute Gasteiger partial charge is 0.341 e. The maximum atomic E-state index is 14.3. The molecule has 1 aromatic rings. The second-order valence-corrected chi connectivity index (χ2v) is 4.38. The van der Waals surface area contributed by atoms with E-state index in [1.807, 2.05) is 0 Å². The number of rotatable bonds is 6. The molecule has 0 fully saturated rings. The quantitative estimate of drug-likeness (QED) is 0.219. The van der Waals surface area contributed by atoms with Gasteiger partial charge in [-0.25, -0.2) is 18.0 Å². The summed E-state index contributed by atoms with van der Waals surface area (Å²) in [6.07, 6.45) is 0.